The molecule has 1 spiro atoms. The minimum atomic E-state index is -0.505. The minimum Gasteiger partial charge on any atom is -0.347 e. The monoisotopic (exact) mass is 366 g/mol. The average Bonchev–Trinajstić information content (AvgIpc) is 3.04. The highest BCUT2D eigenvalue weighted by atomic mass is 35.5. The molecule has 25 heavy (non-hydrogen) atoms. The van der Waals surface area contributed by atoms with E-state index in [0.717, 1.165) is 5.56 Å². The number of likely N-dealkylation sites (tertiary alicyclic amines) is 1. The van der Waals surface area contributed by atoms with Crippen molar-refractivity contribution in [2.75, 3.05) is 32.8 Å². The van der Waals surface area contributed by atoms with Crippen LogP contribution in [0.15, 0.2) is 24.3 Å². The molecule has 136 valence electrons. The first-order chi connectivity index (χ1) is 12.0. The molecule has 0 bridgehead atoms. The number of benzene rings is 1. The van der Waals surface area contributed by atoms with Crippen molar-refractivity contribution in [3.8, 4) is 0 Å². The SMILES string of the molecule is CC(=O)N(CC(=O)N1CCC2(CC1)OCCO2)Cc1ccccc1Cl. The van der Waals surface area contributed by atoms with Crippen molar-refractivity contribution in [3.05, 3.63) is 34.9 Å². The molecule has 2 aliphatic rings. The van der Waals surface area contributed by atoms with Crippen molar-refractivity contribution >= 4 is 23.4 Å². The van der Waals surface area contributed by atoms with E-state index in [1.54, 1.807) is 11.0 Å². The standard InChI is InChI=1S/C18H23ClN2O4/c1-14(22)21(12-15-4-2-3-5-16(15)19)13-17(23)20-8-6-18(7-9-20)24-10-11-25-18/h2-5H,6-13H2,1H3. The lowest BCUT2D eigenvalue weighted by molar-refractivity contribution is -0.187. The Morgan fingerprint density at radius 1 is 1.20 bits per heavy atom. The molecule has 0 unspecified atom stereocenters. The number of halogens is 1. The number of amides is 2. The molecule has 2 saturated heterocycles. The first-order valence-corrected chi connectivity index (χ1v) is 8.91. The highest BCUT2D eigenvalue weighted by Gasteiger charge is 2.40. The van der Waals surface area contributed by atoms with Crippen LogP contribution in [0.25, 0.3) is 0 Å². The van der Waals surface area contributed by atoms with Gasteiger partial charge in [0.25, 0.3) is 0 Å². The van der Waals surface area contributed by atoms with Gasteiger partial charge in [-0.25, -0.2) is 0 Å². The lowest BCUT2D eigenvalue weighted by atomic mass is 10.0. The van der Waals surface area contributed by atoms with Crippen LogP contribution < -0.4 is 0 Å². The van der Waals surface area contributed by atoms with E-state index in [1.165, 1.54) is 11.8 Å². The molecule has 1 aromatic carbocycles. The predicted molar refractivity (Wildman–Crippen MR) is 93.0 cm³/mol. The third-order valence-corrected chi connectivity index (χ3v) is 5.15. The first-order valence-electron chi connectivity index (χ1n) is 8.54. The van der Waals surface area contributed by atoms with Crippen LogP contribution in [0.5, 0.6) is 0 Å². The number of nitrogens with zero attached hydrogens (tertiary/aromatic N) is 2. The van der Waals surface area contributed by atoms with Crippen LogP contribution in [0, 0.1) is 0 Å². The van der Waals surface area contributed by atoms with Gasteiger partial charge in [0.05, 0.1) is 13.2 Å². The van der Waals surface area contributed by atoms with E-state index in [2.05, 4.69) is 0 Å². The molecule has 2 heterocycles. The Balaban J connectivity index is 1.58. The second kappa shape index (κ2) is 7.72. The Hall–Kier alpha value is -1.63. The van der Waals surface area contributed by atoms with Crippen molar-refractivity contribution in [1.29, 1.82) is 0 Å². The molecule has 6 nitrogen and oxygen atoms in total. The van der Waals surface area contributed by atoms with Crippen LogP contribution in [0.2, 0.25) is 5.02 Å². The van der Waals surface area contributed by atoms with Gasteiger partial charge in [-0.15, -0.1) is 0 Å². The number of rotatable bonds is 4. The third kappa shape index (κ3) is 4.32. The van der Waals surface area contributed by atoms with Crippen LogP contribution in [0.4, 0.5) is 0 Å². The maximum atomic E-state index is 12.6. The number of ether oxygens (including phenoxy) is 2. The summed E-state index contributed by atoms with van der Waals surface area (Å²) < 4.78 is 11.4. The Labute approximate surface area is 152 Å². The second-order valence-electron chi connectivity index (χ2n) is 6.45. The zero-order valence-electron chi connectivity index (χ0n) is 14.4. The van der Waals surface area contributed by atoms with Gasteiger partial charge in [0.2, 0.25) is 11.8 Å². The molecule has 2 fully saturated rings. The van der Waals surface area contributed by atoms with Gasteiger partial charge in [-0.1, -0.05) is 29.8 Å². The van der Waals surface area contributed by atoms with Crippen LogP contribution in [0.3, 0.4) is 0 Å². The largest absolute Gasteiger partial charge is 0.347 e. The molecule has 0 radical (unpaired) electrons. The Morgan fingerprint density at radius 2 is 1.84 bits per heavy atom. The van der Waals surface area contributed by atoms with Gasteiger partial charge in [-0.3, -0.25) is 9.59 Å². The molecule has 0 saturated carbocycles. The van der Waals surface area contributed by atoms with Gasteiger partial charge >= 0.3 is 0 Å². The molecule has 2 aliphatic heterocycles. The summed E-state index contributed by atoms with van der Waals surface area (Å²) in [5, 5.41) is 0.594. The minimum absolute atomic E-state index is 0.0509. The van der Waals surface area contributed by atoms with E-state index in [-0.39, 0.29) is 18.4 Å². The van der Waals surface area contributed by atoms with Gasteiger partial charge in [0.1, 0.15) is 6.54 Å². The van der Waals surface area contributed by atoms with Crippen LogP contribution in [-0.2, 0) is 25.6 Å². The zero-order valence-corrected chi connectivity index (χ0v) is 15.1. The number of carbonyl (C=O) groups excluding carboxylic acids is 2. The van der Waals surface area contributed by atoms with Crippen LogP contribution in [0.1, 0.15) is 25.3 Å². The summed E-state index contributed by atoms with van der Waals surface area (Å²) in [7, 11) is 0. The molecule has 3 rings (SSSR count). The summed E-state index contributed by atoms with van der Waals surface area (Å²) in [5.41, 5.74) is 0.831. The van der Waals surface area contributed by atoms with Gasteiger partial charge in [-0.2, -0.15) is 0 Å². The predicted octanol–water partition coefficient (Wildman–Crippen LogP) is 2.05. The highest BCUT2D eigenvalue weighted by molar-refractivity contribution is 6.31. The molecule has 0 aromatic heterocycles. The van der Waals surface area contributed by atoms with E-state index in [9.17, 15) is 9.59 Å². The maximum Gasteiger partial charge on any atom is 0.242 e. The summed E-state index contributed by atoms with van der Waals surface area (Å²) in [4.78, 5) is 27.9. The van der Waals surface area contributed by atoms with Crippen LogP contribution >= 0.6 is 11.6 Å². The number of hydrogen-bond acceptors (Lipinski definition) is 4. The molecule has 0 atom stereocenters. The lowest BCUT2D eigenvalue weighted by Crippen LogP contribution is -2.50. The van der Waals surface area contributed by atoms with Gasteiger partial charge < -0.3 is 19.3 Å². The molecule has 0 aliphatic carbocycles. The highest BCUT2D eigenvalue weighted by Crippen LogP contribution is 2.31. The molecule has 2 amide bonds. The Morgan fingerprint density at radius 3 is 2.44 bits per heavy atom. The topological polar surface area (TPSA) is 59.1 Å². The number of hydrogen-bond donors (Lipinski definition) is 0. The summed E-state index contributed by atoms with van der Waals surface area (Å²) in [6.07, 6.45) is 1.34. The summed E-state index contributed by atoms with van der Waals surface area (Å²) >= 11 is 6.17. The first kappa shape index (κ1) is 18.2. The fourth-order valence-corrected chi connectivity index (χ4v) is 3.45. The van der Waals surface area contributed by atoms with Crippen molar-refractivity contribution < 1.29 is 19.1 Å². The normalized spacial score (nSPS) is 19.2. The molecule has 7 heteroatoms. The van der Waals surface area contributed by atoms with Gasteiger partial charge in [-0.05, 0) is 11.6 Å². The van der Waals surface area contributed by atoms with E-state index < -0.39 is 5.79 Å². The lowest BCUT2D eigenvalue weighted by Gasteiger charge is -2.38. The van der Waals surface area contributed by atoms with E-state index in [0.29, 0.717) is 50.7 Å². The Bertz CT molecular complexity index is 636. The number of carbonyl (C=O) groups is 2. The van der Waals surface area contributed by atoms with Crippen LogP contribution in [-0.4, -0.2) is 60.2 Å². The summed E-state index contributed by atoms with van der Waals surface area (Å²) in [6.45, 7) is 4.23. The van der Waals surface area contributed by atoms with Crippen molar-refractivity contribution in [1.82, 2.24) is 9.80 Å². The molecule has 0 N–H and O–H groups in total. The quantitative estimate of drug-likeness (QED) is 0.818. The third-order valence-electron chi connectivity index (χ3n) is 4.78. The summed E-state index contributed by atoms with van der Waals surface area (Å²) in [5.74, 6) is -0.714. The van der Waals surface area contributed by atoms with E-state index in [4.69, 9.17) is 21.1 Å². The average molecular weight is 367 g/mol. The smallest absolute Gasteiger partial charge is 0.242 e. The van der Waals surface area contributed by atoms with E-state index >= 15 is 0 Å². The second-order valence-corrected chi connectivity index (χ2v) is 6.86. The summed E-state index contributed by atoms with van der Waals surface area (Å²) in [6, 6.07) is 7.35. The van der Waals surface area contributed by atoms with Crippen molar-refractivity contribution in [2.45, 2.75) is 32.1 Å². The molecular formula is C18H23ClN2O4. The maximum absolute atomic E-state index is 12.6. The zero-order chi connectivity index (χ0) is 17.9. The van der Waals surface area contributed by atoms with E-state index in [1.807, 2.05) is 18.2 Å². The van der Waals surface area contributed by atoms with Crippen molar-refractivity contribution in [2.24, 2.45) is 0 Å². The molecule has 1 aromatic rings. The fourth-order valence-electron chi connectivity index (χ4n) is 3.26. The number of piperidine rings is 1. The fraction of sp³-hybridized carbons (Fsp3) is 0.556. The van der Waals surface area contributed by atoms with Crippen molar-refractivity contribution in [3.63, 3.8) is 0 Å². The van der Waals surface area contributed by atoms with Gasteiger partial charge in [0, 0.05) is 44.4 Å². The molecular weight excluding hydrogens is 344 g/mol. The Kier molecular flexibility index (Phi) is 5.61. The van der Waals surface area contributed by atoms with Gasteiger partial charge in [0.15, 0.2) is 5.79 Å².